The van der Waals surface area contributed by atoms with Crippen molar-refractivity contribution in [3.8, 4) is 11.5 Å². The van der Waals surface area contributed by atoms with Gasteiger partial charge >= 0.3 is 18.4 Å². The van der Waals surface area contributed by atoms with Crippen LogP contribution in [0, 0.1) is 0 Å². The van der Waals surface area contributed by atoms with Gasteiger partial charge in [0.2, 0.25) is 0 Å². The minimum absolute atomic E-state index is 0.330. The van der Waals surface area contributed by atoms with Crippen molar-refractivity contribution in [2.75, 3.05) is 0 Å². The summed E-state index contributed by atoms with van der Waals surface area (Å²) in [5, 5.41) is 8.12. The molecular weight excluding hydrogens is 347 g/mol. The molecule has 1 N–H and O–H groups in total. The standard InChI is InChI=1S/C9H4BrF5O4/c10-5-3-4(18-8(11,12)7(16)17)1-2-6(5)19-9(13,14)15/h1-3H,(H,16,17). The number of carboxylic acid groups (broad SMARTS) is 1. The van der Waals surface area contributed by atoms with Gasteiger partial charge in [-0.1, -0.05) is 0 Å². The second-order valence-electron chi connectivity index (χ2n) is 3.06. The minimum atomic E-state index is -4.95. The van der Waals surface area contributed by atoms with Crippen molar-refractivity contribution in [3.63, 3.8) is 0 Å². The lowest BCUT2D eigenvalue weighted by Crippen LogP contribution is -2.34. The third kappa shape index (κ3) is 4.54. The van der Waals surface area contributed by atoms with Crippen LogP contribution in [0.1, 0.15) is 0 Å². The van der Waals surface area contributed by atoms with E-state index in [2.05, 4.69) is 25.4 Å². The van der Waals surface area contributed by atoms with Crippen LogP contribution in [0.3, 0.4) is 0 Å². The molecule has 106 valence electrons. The molecule has 0 fully saturated rings. The normalized spacial score (nSPS) is 12.1. The molecule has 0 atom stereocenters. The number of benzene rings is 1. The van der Waals surface area contributed by atoms with Gasteiger partial charge in [-0.2, -0.15) is 8.78 Å². The van der Waals surface area contributed by atoms with Gasteiger partial charge in [0.05, 0.1) is 4.47 Å². The lowest BCUT2D eigenvalue weighted by Gasteiger charge is -2.15. The van der Waals surface area contributed by atoms with Crippen LogP contribution in [-0.4, -0.2) is 23.5 Å². The Hall–Kier alpha value is -1.58. The Labute approximate surface area is 110 Å². The lowest BCUT2D eigenvalue weighted by atomic mass is 10.3. The number of carbonyl (C=O) groups is 1. The van der Waals surface area contributed by atoms with Crippen LogP contribution in [-0.2, 0) is 4.79 Å². The van der Waals surface area contributed by atoms with E-state index >= 15 is 0 Å². The Morgan fingerprint density at radius 3 is 2.16 bits per heavy atom. The molecule has 0 saturated carbocycles. The number of rotatable bonds is 4. The van der Waals surface area contributed by atoms with Crippen LogP contribution >= 0.6 is 15.9 Å². The average molecular weight is 351 g/mol. The summed E-state index contributed by atoms with van der Waals surface area (Å²) in [4.78, 5) is 10.1. The summed E-state index contributed by atoms with van der Waals surface area (Å²) in [6, 6.07) is 2.13. The molecule has 0 heterocycles. The molecule has 1 aromatic rings. The van der Waals surface area contributed by atoms with Gasteiger partial charge in [-0.3, -0.25) is 0 Å². The molecule has 0 spiro atoms. The number of alkyl halides is 5. The maximum atomic E-state index is 12.7. The van der Waals surface area contributed by atoms with Crippen LogP contribution < -0.4 is 9.47 Å². The first kappa shape index (κ1) is 15.5. The Morgan fingerprint density at radius 2 is 1.74 bits per heavy atom. The van der Waals surface area contributed by atoms with E-state index in [1.54, 1.807) is 0 Å². The van der Waals surface area contributed by atoms with Gasteiger partial charge in [-0.05, 0) is 34.1 Å². The quantitative estimate of drug-likeness (QED) is 0.845. The van der Waals surface area contributed by atoms with Crippen molar-refractivity contribution in [1.82, 2.24) is 0 Å². The number of hydrogen-bond acceptors (Lipinski definition) is 3. The second-order valence-corrected chi connectivity index (χ2v) is 3.92. The third-order valence-electron chi connectivity index (χ3n) is 1.62. The third-order valence-corrected chi connectivity index (χ3v) is 2.24. The minimum Gasteiger partial charge on any atom is -0.474 e. The molecule has 0 aliphatic heterocycles. The molecule has 19 heavy (non-hydrogen) atoms. The Bertz CT molecular complexity index is 488. The highest BCUT2D eigenvalue weighted by Gasteiger charge is 2.42. The van der Waals surface area contributed by atoms with Gasteiger partial charge < -0.3 is 14.6 Å². The van der Waals surface area contributed by atoms with E-state index < -0.39 is 29.9 Å². The van der Waals surface area contributed by atoms with E-state index in [1.165, 1.54) is 0 Å². The molecule has 0 radical (unpaired) electrons. The Balaban J connectivity index is 2.92. The first-order valence-corrected chi connectivity index (χ1v) is 5.16. The molecule has 0 aliphatic carbocycles. The molecule has 10 heteroatoms. The molecule has 0 aromatic heterocycles. The highest BCUT2D eigenvalue weighted by Crippen LogP contribution is 2.34. The van der Waals surface area contributed by atoms with Gasteiger partial charge in [0, 0.05) is 0 Å². The molecular formula is C9H4BrF5O4. The van der Waals surface area contributed by atoms with Crippen molar-refractivity contribution in [2.24, 2.45) is 0 Å². The van der Waals surface area contributed by atoms with Gasteiger partial charge in [0.1, 0.15) is 11.5 Å². The van der Waals surface area contributed by atoms with Crippen LogP contribution in [0.25, 0.3) is 0 Å². The second kappa shape index (κ2) is 5.19. The van der Waals surface area contributed by atoms with Crippen LogP contribution in [0.5, 0.6) is 11.5 Å². The van der Waals surface area contributed by atoms with E-state index in [0.717, 1.165) is 6.07 Å². The van der Waals surface area contributed by atoms with Gasteiger partial charge in [-0.25, -0.2) is 4.79 Å². The molecule has 0 aliphatic rings. The number of hydrogen-bond donors (Lipinski definition) is 1. The first-order chi connectivity index (χ1) is 8.51. The number of aliphatic carboxylic acids is 1. The summed E-state index contributed by atoms with van der Waals surface area (Å²) in [5.74, 6) is -3.86. The maximum absolute atomic E-state index is 12.7. The molecule has 0 unspecified atom stereocenters. The maximum Gasteiger partial charge on any atom is 0.573 e. The zero-order valence-corrected chi connectivity index (χ0v) is 10.3. The van der Waals surface area contributed by atoms with Crippen LogP contribution in [0.2, 0.25) is 0 Å². The Kier molecular flexibility index (Phi) is 4.23. The smallest absolute Gasteiger partial charge is 0.474 e. The highest BCUT2D eigenvalue weighted by atomic mass is 79.9. The topological polar surface area (TPSA) is 55.8 Å². The van der Waals surface area contributed by atoms with Crippen LogP contribution in [0.15, 0.2) is 22.7 Å². The summed E-state index contributed by atoms with van der Waals surface area (Å²) in [7, 11) is 0. The molecule has 0 bridgehead atoms. The summed E-state index contributed by atoms with van der Waals surface area (Å²) in [5.41, 5.74) is 0. The summed E-state index contributed by atoms with van der Waals surface area (Å²) >= 11 is 2.65. The van der Waals surface area contributed by atoms with E-state index in [1.807, 2.05) is 0 Å². The fraction of sp³-hybridized carbons (Fsp3) is 0.222. The fourth-order valence-corrected chi connectivity index (χ4v) is 1.38. The SMILES string of the molecule is O=C(O)C(F)(F)Oc1ccc(OC(F)(F)F)c(Br)c1. The van der Waals surface area contributed by atoms with Crippen LogP contribution in [0.4, 0.5) is 22.0 Å². The number of ether oxygens (including phenoxy) is 2. The van der Waals surface area contributed by atoms with Crippen molar-refractivity contribution < 1.29 is 41.3 Å². The fourth-order valence-electron chi connectivity index (χ4n) is 0.944. The zero-order chi connectivity index (χ0) is 14.8. The highest BCUT2D eigenvalue weighted by molar-refractivity contribution is 9.10. The average Bonchev–Trinajstić information content (AvgIpc) is 2.19. The summed E-state index contributed by atoms with van der Waals surface area (Å²) in [6.07, 6.45) is -9.44. The van der Waals surface area contributed by atoms with Gasteiger partial charge in [0.15, 0.2) is 0 Å². The monoisotopic (exact) mass is 350 g/mol. The lowest BCUT2D eigenvalue weighted by molar-refractivity contribution is -0.274. The number of halogens is 6. The van der Waals surface area contributed by atoms with E-state index in [4.69, 9.17) is 5.11 Å². The van der Waals surface area contributed by atoms with Crippen molar-refractivity contribution >= 4 is 21.9 Å². The summed E-state index contributed by atoms with van der Waals surface area (Å²) in [6.45, 7) is 0. The van der Waals surface area contributed by atoms with Gasteiger partial charge in [0.25, 0.3) is 0 Å². The largest absolute Gasteiger partial charge is 0.573 e. The molecule has 0 saturated heterocycles. The predicted octanol–water partition coefficient (Wildman–Crippen LogP) is 3.40. The molecule has 1 aromatic carbocycles. The van der Waals surface area contributed by atoms with Gasteiger partial charge in [-0.15, -0.1) is 13.2 Å². The van der Waals surface area contributed by atoms with E-state index in [-0.39, 0.29) is 4.47 Å². The molecule has 1 rings (SSSR count). The Morgan fingerprint density at radius 1 is 1.16 bits per heavy atom. The van der Waals surface area contributed by atoms with Crippen molar-refractivity contribution in [3.05, 3.63) is 22.7 Å². The zero-order valence-electron chi connectivity index (χ0n) is 8.67. The van der Waals surface area contributed by atoms with E-state index in [0.29, 0.717) is 12.1 Å². The molecule has 4 nitrogen and oxygen atoms in total. The van der Waals surface area contributed by atoms with Crippen molar-refractivity contribution in [1.29, 1.82) is 0 Å². The van der Waals surface area contributed by atoms with Crippen molar-refractivity contribution in [2.45, 2.75) is 12.5 Å². The number of carboxylic acids is 1. The first-order valence-electron chi connectivity index (χ1n) is 4.37. The van der Waals surface area contributed by atoms with E-state index in [9.17, 15) is 26.7 Å². The summed E-state index contributed by atoms with van der Waals surface area (Å²) < 4.78 is 68.2. The predicted molar refractivity (Wildman–Crippen MR) is 54.0 cm³/mol. The molecule has 0 amide bonds.